The molecular weight excluding hydrogens is 462 g/mol. The molecule has 0 aliphatic carbocycles. The molecule has 206 valence electrons. The maximum absolute atomic E-state index is 11.5. The fraction of sp³-hybridized carbons (Fsp3) is 0.643. The highest BCUT2D eigenvalue weighted by molar-refractivity contribution is 5.93. The fourth-order valence-corrected chi connectivity index (χ4v) is 3.54. The first-order valence-corrected chi connectivity index (χ1v) is 12.7. The molecule has 2 aliphatic heterocycles. The van der Waals surface area contributed by atoms with Gasteiger partial charge in [-0.2, -0.15) is 0 Å². The van der Waals surface area contributed by atoms with Gasteiger partial charge in [-0.25, -0.2) is 4.79 Å². The van der Waals surface area contributed by atoms with Gasteiger partial charge >= 0.3 is 11.9 Å². The summed E-state index contributed by atoms with van der Waals surface area (Å²) in [6, 6.07) is 0. The predicted octanol–water partition coefficient (Wildman–Crippen LogP) is 4.35. The van der Waals surface area contributed by atoms with Gasteiger partial charge in [0.2, 0.25) is 0 Å². The largest absolute Gasteiger partial charge is 0.496 e. The van der Waals surface area contributed by atoms with Crippen LogP contribution in [0.2, 0.25) is 0 Å². The minimum Gasteiger partial charge on any atom is -0.496 e. The number of rotatable bonds is 10. The second-order valence-corrected chi connectivity index (χ2v) is 8.29. The van der Waals surface area contributed by atoms with Crippen molar-refractivity contribution in [2.24, 2.45) is 0 Å². The van der Waals surface area contributed by atoms with Gasteiger partial charge in [-0.15, -0.1) is 0 Å². The summed E-state index contributed by atoms with van der Waals surface area (Å²) in [7, 11) is 1.55. The van der Waals surface area contributed by atoms with E-state index in [1.807, 2.05) is 47.6 Å². The number of allylic oxidation sites excluding steroid dienone is 3. The van der Waals surface area contributed by atoms with E-state index in [2.05, 4.69) is 11.5 Å². The summed E-state index contributed by atoms with van der Waals surface area (Å²) in [5.74, 6) is 0.0653. The van der Waals surface area contributed by atoms with Gasteiger partial charge in [0.15, 0.2) is 0 Å². The maximum atomic E-state index is 11.5. The van der Waals surface area contributed by atoms with Crippen LogP contribution in [0.1, 0.15) is 60.8 Å². The zero-order valence-electron chi connectivity index (χ0n) is 23.4. The number of esters is 2. The number of carbonyl (C=O) groups excluding carboxylic acids is 2. The molecule has 1 N–H and O–H groups in total. The number of methoxy groups -OCH3 is 1. The van der Waals surface area contributed by atoms with E-state index in [1.54, 1.807) is 7.11 Å². The molecule has 0 radical (unpaired) electrons. The lowest BCUT2D eigenvalue weighted by Crippen LogP contribution is -2.30. The van der Waals surface area contributed by atoms with Crippen LogP contribution in [-0.2, 0) is 28.5 Å². The highest BCUT2D eigenvalue weighted by Gasteiger charge is 2.26. The minimum absolute atomic E-state index is 0.0951. The molecule has 1 fully saturated rings. The number of carbonyl (C=O) groups is 2. The van der Waals surface area contributed by atoms with Crippen LogP contribution >= 0.6 is 0 Å². The zero-order valence-corrected chi connectivity index (χ0v) is 23.4. The van der Waals surface area contributed by atoms with Crippen LogP contribution in [-0.4, -0.2) is 81.7 Å². The van der Waals surface area contributed by atoms with E-state index < -0.39 is 5.97 Å². The summed E-state index contributed by atoms with van der Waals surface area (Å²) in [5.41, 5.74) is 3.77. The molecule has 2 aliphatic rings. The zero-order chi connectivity index (χ0) is 27.5. The molecule has 36 heavy (non-hydrogen) atoms. The molecule has 0 amide bonds. The maximum Gasteiger partial charge on any atom is 0.337 e. The van der Waals surface area contributed by atoms with Crippen LogP contribution in [0.15, 0.2) is 46.3 Å². The Morgan fingerprint density at radius 3 is 2.44 bits per heavy atom. The van der Waals surface area contributed by atoms with Gasteiger partial charge in [-0.3, -0.25) is 9.69 Å². The summed E-state index contributed by atoms with van der Waals surface area (Å²) in [5, 5.41) is 9.10. The van der Waals surface area contributed by atoms with Crippen molar-refractivity contribution >= 4 is 11.9 Å². The van der Waals surface area contributed by atoms with Gasteiger partial charge in [0, 0.05) is 38.2 Å². The molecule has 0 unspecified atom stereocenters. The van der Waals surface area contributed by atoms with Gasteiger partial charge in [-0.05, 0) is 51.7 Å². The van der Waals surface area contributed by atoms with E-state index in [4.69, 9.17) is 24.1 Å². The van der Waals surface area contributed by atoms with Crippen LogP contribution in [0, 0.1) is 0 Å². The Bertz CT molecular complexity index is 788. The van der Waals surface area contributed by atoms with Crippen LogP contribution in [0.3, 0.4) is 0 Å². The molecular formula is C28H47NO7. The van der Waals surface area contributed by atoms with Gasteiger partial charge in [0.05, 0.1) is 25.9 Å². The lowest BCUT2D eigenvalue weighted by atomic mass is 10.0. The molecule has 0 spiro atoms. The van der Waals surface area contributed by atoms with E-state index in [0.717, 1.165) is 56.8 Å². The van der Waals surface area contributed by atoms with Crippen molar-refractivity contribution in [1.82, 2.24) is 4.90 Å². The topological polar surface area (TPSA) is 94.5 Å². The number of cyclic esters (lactones) is 1. The minimum atomic E-state index is -0.464. The average molecular weight is 510 g/mol. The second-order valence-electron chi connectivity index (χ2n) is 8.29. The molecule has 0 aromatic carbocycles. The molecule has 0 aromatic heterocycles. The molecule has 0 atom stereocenters. The van der Waals surface area contributed by atoms with E-state index in [0.29, 0.717) is 29.9 Å². The van der Waals surface area contributed by atoms with Crippen molar-refractivity contribution in [3.63, 3.8) is 0 Å². The van der Waals surface area contributed by atoms with Crippen LogP contribution in [0.5, 0.6) is 0 Å². The van der Waals surface area contributed by atoms with Gasteiger partial charge in [0.25, 0.3) is 0 Å². The van der Waals surface area contributed by atoms with Gasteiger partial charge < -0.3 is 24.1 Å². The molecule has 2 heterocycles. The Hall–Kier alpha value is -2.42. The first kappa shape index (κ1) is 33.6. The Kier molecular flexibility index (Phi) is 18.4. The van der Waals surface area contributed by atoms with Crippen molar-refractivity contribution in [1.29, 1.82) is 0 Å². The lowest BCUT2D eigenvalue weighted by Gasteiger charge is -2.18. The fourth-order valence-electron chi connectivity index (χ4n) is 3.54. The van der Waals surface area contributed by atoms with Crippen LogP contribution in [0.4, 0.5) is 0 Å². The highest BCUT2D eigenvalue weighted by atomic mass is 16.5. The van der Waals surface area contributed by atoms with Crippen LogP contribution in [0.25, 0.3) is 0 Å². The molecule has 1 saturated heterocycles. The molecule has 2 rings (SSSR count). The first-order chi connectivity index (χ1) is 17.2. The Balaban J connectivity index is 0.000000640. The van der Waals surface area contributed by atoms with Crippen molar-refractivity contribution < 1.29 is 33.6 Å². The predicted molar refractivity (Wildman–Crippen MR) is 142 cm³/mol. The Labute approximate surface area is 217 Å². The molecule has 0 aromatic rings. The second kappa shape index (κ2) is 19.7. The number of aliphatic hydroxyl groups excluding tert-OH is 1. The summed E-state index contributed by atoms with van der Waals surface area (Å²) >= 11 is 0. The number of hydrogen-bond donors (Lipinski definition) is 1. The van der Waals surface area contributed by atoms with Crippen molar-refractivity contribution in [3.8, 4) is 0 Å². The Morgan fingerprint density at radius 1 is 1.17 bits per heavy atom. The van der Waals surface area contributed by atoms with Crippen LogP contribution < -0.4 is 0 Å². The molecule has 8 nitrogen and oxygen atoms in total. The first-order valence-electron chi connectivity index (χ1n) is 12.7. The van der Waals surface area contributed by atoms with E-state index in [9.17, 15) is 9.59 Å². The van der Waals surface area contributed by atoms with E-state index in [-0.39, 0.29) is 19.2 Å². The van der Waals surface area contributed by atoms with Crippen molar-refractivity contribution in [3.05, 3.63) is 46.3 Å². The van der Waals surface area contributed by atoms with E-state index >= 15 is 0 Å². The summed E-state index contributed by atoms with van der Waals surface area (Å²) in [6.07, 6.45) is 4.38. The standard InChI is InChI=1S/C14H25NO3.C12H16O4.C2H6/c1-3-13(2)5-6-14(16)18-12-9-15-7-4-10-17-11-8-15;1-7(2)11(15-4)8(3)10-6-16-12(14)9(10)5-13;1-2/h3H,4-12H2,1-2H3;13H,1,5-6H2,2-4H3;1-2H3/b13-3+;11-8+;. The van der Waals surface area contributed by atoms with Gasteiger partial charge in [0.1, 0.15) is 19.0 Å². The third-order valence-electron chi connectivity index (χ3n) is 5.70. The quantitative estimate of drug-likeness (QED) is 0.201. The molecule has 0 bridgehead atoms. The van der Waals surface area contributed by atoms with Crippen molar-refractivity contribution in [2.75, 3.05) is 59.8 Å². The average Bonchev–Trinajstić information content (AvgIpc) is 3.06. The molecule has 0 saturated carbocycles. The number of ether oxygens (including phenoxy) is 4. The smallest absolute Gasteiger partial charge is 0.337 e. The lowest BCUT2D eigenvalue weighted by molar-refractivity contribution is -0.144. The highest BCUT2D eigenvalue weighted by Crippen LogP contribution is 2.27. The van der Waals surface area contributed by atoms with Crippen molar-refractivity contribution in [2.45, 2.75) is 60.8 Å². The monoisotopic (exact) mass is 509 g/mol. The summed E-state index contributed by atoms with van der Waals surface area (Å²) in [6.45, 7) is 20.2. The normalized spacial score (nSPS) is 17.0. The molecule has 8 heteroatoms. The number of nitrogens with zero attached hydrogens (tertiary/aromatic N) is 1. The van der Waals surface area contributed by atoms with E-state index in [1.165, 1.54) is 5.57 Å². The summed E-state index contributed by atoms with van der Waals surface area (Å²) < 4.78 is 20.7. The summed E-state index contributed by atoms with van der Waals surface area (Å²) in [4.78, 5) is 25.0. The van der Waals surface area contributed by atoms with Gasteiger partial charge in [-0.1, -0.05) is 32.1 Å². The Morgan fingerprint density at radius 2 is 1.86 bits per heavy atom. The number of hydrogen-bond acceptors (Lipinski definition) is 8. The SMILES string of the molecule is C/C=C(\C)CCC(=O)OCCN1CCCOCC1.C=C(C)/C(OC)=C(/C)C1=C(CO)C(=O)OC1.CC. The third-order valence-corrected chi connectivity index (χ3v) is 5.70. The number of aliphatic hydroxyl groups is 1. The third kappa shape index (κ3) is 12.5.